The lowest BCUT2D eigenvalue weighted by atomic mass is 10.1. The van der Waals surface area contributed by atoms with Gasteiger partial charge in [0.15, 0.2) is 17.3 Å². The zero-order chi connectivity index (χ0) is 25.7. The molecule has 1 aromatic heterocycles. The van der Waals surface area contributed by atoms with Gasteiger partial charge in [-0.2, -0.15) is 0 Å². The normalized spacial score (nSPS) is 13.9. The van der Waals surface area contributed by atoms with Crippen LogP contribution in [0.1, 0.15) is 62.4 Å². The summed E-state index contributed by atoms with van der Waals surface area (Å²) in [5.41, 5.74) is 1.79. The van der Waals surface area contributed by atoms with Crippen LogP contribution in [0.2, 0.25) is 0 Å². The van der Waals surface area contributed by atoms with Gasteiger partial charge in [0, 0.05) is 36.8 Å². The van der Waals surface area contributed by atoms with Crippen molar-refractivity contribution in [2.75, 3.05) is 12.0 Å². The highest BCUT2D eigenvalue weighted by Crippen LogP contribution is 2.40. The summed E-state index contributed by atoms with van der Waals surface area (Å²) in [6, 6.07) is 13.8. The number of aromatic nitrogens is 1. The van der Waals surface area contributed by atoms with Crippen LogP contribution in [0, 0.1) is 5.82 Å². The molecular weight excluding hydrogens is 459 g/mol. The van der Waals surface area contributed by atoms with Gasteiger partial charge < -0.3 is 19.1 Å². The van der Waals surface area contributed by atoms with Gasteiger partial charge in [-0.05, 0) is 82.3 Å². The quantitative estimate of drug-likeness (QED) is 0.321. The van der Waals surface area contributed by atoms with E-state index in [-0.39, 0.29) is 6.10 Å². The van der Waals surface area contributed by atoms with Gasteiger partial charge in [0.2, 0.25) is 0 Å². The predicted octanol–water partition coefficient (Wildman–Crippen LogP) is 6.84. The van der Waals surface area contributed by atoms with E-state index in [2.05, 4.69) is 4.98 Å². The molecule has 1 aliphatic rings. The van der Waals surface area contributed by atoms with Gasteiger partial charge in [-0.3, -0.25) is 4.98 Å². The van der Waals surface area contributed by atoms with Gasteiger partial charge in [-0.25, -0.2) is 9.18 Å². The second-order valence-electron chi connectivity index (χ2n) is 9.97. The Morgan fingerprint density at radius 1 is 1.08 bits per heavy atom. The number of esters is 1. The summed E-state index contributed by atoms with van der Waals surface area (Å²) in [6.45, 7) is 5.84. The minimum atomic E-state index is -0.593. The van der Waals surface area contributed by atoms with E-state index >= 15 is 4.39 Å². The van der Waals surface area contributed by atoms with Gasteiger partial charge in [-0.1, -0.05) is 6.07 Å². The molecule has 0 amide bonds. The summed E-state index contributed by atoms with van der Waals surface area (Å²) in [5.74, 6) is 0.0357. The fourth-order valence-electron chi connectivity index (χ4n) is 4.27. The third kappa shape index (κ3) is 6.33. The minimum absolute atomic E-state index is 0.0945. The number of rotatable bonds is 8. The molecule has 0 bridgehead atoms. The number of carbonyl (C=O) groups is 1. The molecule has 3 aromatic rings. The van der Waals surface area contributed by atoms with Gasteiger partial charge in [0.25, 0.3) is 0 Å². The lowest BCUT2D eigenvalue weighted by Gasteiger charge is -2.27. The average molecular weight is 493 g/mol. The summed E-state index contributed by atoms with van der Waals surface area (Å²) < 4.78 is 32.6. The fourth-order valence-corrected chi connectivity index (χ4v) is 4.27. The number of hydrogen-bond acceptors (Lipinski definition) is 6. The molecule has 1 fully saturated rings. The molecule has 2 aromatic carbocycles. The number of pyridine rings is 1. The molecule has 1 aliphatic carbocycles. The van der Waals surface area contributed by atoms with Gasteiger partial charge in [0.05, 0.1) is 24.5 Å². The molecule has 6 nitrogen and oxygen atoms in total. The highest BCUT2D eigenvalue weighted by Gasteiger charge is 2.24. The standard InChI is InChI=1S/C29H33FN2O4/c1-29(2,3)36-28(33)21-11-13-22(14-12-21)32(19-20-8-7-15-31-18-20)25-17-27(26(34-4)16-24(25)30)35-23-9-5-6-10-23/h7-8,11-18,23H,5-6,9-10,19H2,1-4H3. The number of nitrogens with zero attached hydrogens (tertiary/aromatic N) is 2. The van der Waals surface area contributed by atoms with Crippen LogP contribution < -0.4 is 14.4 Å². The molecule has 4 rings (SSSR count). The highest BCUT2D eigenvalue weighted by molar-refractivity contribution is 5.90. The van der Waals surface area contributed by atoms with E-state index in [1.807, 2.05) is 37.8 Å². The lowest BCUT2D eigenvalue weighted by Crippen LogP contribution is -2.24. The molecule has 1 saturated carbocycles. The van der Waals surface area contributed by atoms with E-state index in [0.29, 0.717) is 35.0 Å². The Balaban J connectivity index is 1.71. The van der Waals surface area contributed by atoms with Crippen LogP contribution in [0.15, 0.2) is 60.9 Å². The topological polar surface area (TPSA) is 60.9 Å². The van der Waals surface area contributed by atoms with Gasteiger partial charge in [0.1, 0.15) is 5.60 Å². The van der Waals surface area contributed by atoms with Crippen LogP contribution in [0.4, 0.5) is 15.8 Å². The summed E-state index contributed by atoms with van der Waals surface area (Å²) in [7, 11) is 1.51. The highest BCUT2D eigenvalue weighted by atomic mass is 19.1. The third-order valence-electron chi connectivity index (χ3n) is 6.00. The largest absolute Gasteiger partial charge is 0.493 e. The molecule has 190 valence electrons. The van der Waals surface area contributed by atoms with E-state index in [9.17, 15) is 4.79 Å². The van der Waals surface area contributed by atoms with Crippen molar-refractivity contribution in [3.63, 3.8) is 0 Å². The number of ether oxygens (including phenoxy) is 3. The van der Waals surface area contributed by atoms with Crippen LogP contribution in [0.5, 0.6) is 11.5 Å². The van der Waals surface area contributed by atoms with E-state index < -0.39 is 17.4 Å². The first-order valence-corrected chi connectivity index (χ1v) is 12.3. The van der Waals surface area contributed by atoms with Crippen LogP contribution in [-0.4, -0.2) is 29.8 Å². The van der Waals surface area contributed by atoms with Crippen molar-refractivity contribution in [3.8, 4) is 11.5 Å². The van der Waals surface area contributed by atoms with Crippen LogP contribution in [0.25, 0.3) is 0 Å². The molecule has 0 spiro atoms. The number of hydrogen-bond donors (Lipinski definition) is 0. The predicted molar refractivity (Wildman–Crippen MR) is 138 cm³/mol. The molecule has 0 radical (unpaired) electrons. The van der Waals surface area contributed by atoms with Crippen LogP contribution >= 0.6 is 0 Å². The monoisotopic (exact) mass is 492 g/mol. The van der Waals surface area contributed by atoms with E-state index in [4.69, 9.17) is 14.2 Å². The van der Waals surface area contributed by atoms with Crippen LogP contribution in [0.3, 0.4) is 0 Å². The van der Waals surface area contributed by atoms with E-state index in [1.54, 1.807) is 42.7 Å². The first-order chi connectivity index (χ1) is 17.2. The molecule has 36 heavy (non-hydrogen) atoms. The maximum Gasteiger partial charge on any atom is 0.338 e. The maximum absolute atomic E-state index is 15.5. The molecule has 7 heteroatoms. The first-order valence-electron chi connectivity index (χ1n) is 12.3. The van der Waals surface area contributed by atoms with E-state index in [0.717, 1.165) is 31.2 Å². The number of carbonyl (C=O) groups excluding carboxylic acids is 1. The summed E-state index contributed by atoms with van der Waals surface area (Å²) >= 11 is 0. The number of anilines is 2. The summed E-state index contributed by atoms with van der Waals surface area (Å²) in [4.78, 5) is 18.5. The summed E-state index contributed by atoms with van der Waals surface area (Å²) in [6.07, 6.45) is 7.74. The smallest absolute Gasteiger partial charge is 0.338 e. The van der Waals surface area contributed by atoms with Crippen molar-refractivity contribution in [2.24, 2.45) is 0 Å². The maximum atomic E-state index is 15.5. The number of benzene rings is 2. The molecule has 0 saturated heterocycles. The zero-order valence-corrected chi connectivity index (χ0v) is 21.3. The number of halogens is 1. The van der Waals surface area contributed by atoms with Crippen molar-refractivity contribution in [1.82, 2.24) is 4.98 Å². The molecular formula is C29H33FN2O4. The SMILES string of the molecule is COc1cc(F)c(N(Cc2cccnc2)c2ccc(C(=O)OC(C)(C)C)cc2)cc1OC1CCCC1. The Bertz CT molecular complexity index is 1170. The van der Waals surface area contributed by atoms with Crippen molar-refractivity contribution < 1.29 is 23.4 Å². The van der Waals surface area contributed by atoms with E-state index in [1.165, 1.54) is 13.2 Å². The minimum Gasteiger partial charge on any atom is -0.493 e. The molecule has 0 N–H and O–H groups in total. The Labute approximate surface area is 212 Å². The Hall–Kier alpha value is -3.61. The average Bonchev–Trinajstić information content (AvgIpc) is 3.36. The van der Waals surface area contributed by atoms with Crippen molar-refractivity contribution >= 4 is 17.3 Å². The number of methoxy groups -OCH3 is 1. The summed E-state index contributed by atoms with van der Waals surface area (Å²) in [5, 5.41) is 0. The Kier molecular flexibility index (Phi) is 7.77. The van der Waals surface area contributed by atoms with Crippen molar-refractivity contribution in [2.45, 2.75) is 64.7 Å². The second-order valence-corrected chi connectivity index (χ2v) is 9.97. The molecule has 1 heterocycles. The molecule has 0 aliphatic heterocycles. The third-order valence-corrected chi connectivity index (χ3v) is 6.00. The molecule has 0 atom stereocenters. The lowest BCUT2D eigenvalue weighted by molar-refractivity contribution is 0.00695. The molecule has 0 unspecified atom stereocenters. The fraction of sp³-hybridized carbons (Fsp3) is 0.379. The zero-order valence-electron chi connectivity index (χ0n) is 21.3. The van der Waals surface area contributed by atoms with Crippen LogP contribution in [-0.2, 0) is 11.3 Å². The van der Waals surface area contributed by atoms with Gasteiger partial charge in [-0.15, -0.1) is 0 Å². The van der Waals surface area contributed by atoms with Gasteiger partial charge >= 0.3 is 5.97 Å². The van der Waals surface area contributed by atoms with Crippen molar-refractivity contribution in [3.05, 3.63) is 77.9 Å². The Morgan fingerprint density at radius 2 is 1.81 bits per heavy atom. The first kappa shape index (κ1) is 25.5. The van der Waals surface area contributed by atoms with Crippen molar-refractivity contribution in [1.29, 1.82) is 0 Å². The second kappa shape index (κ2) is 11.0. The Morgan fingerprint density at radius 3 is 2.42 bits per heavy atom.